The fourth-order valence-electron chi connectivity index (χ4n) is 1.64. The molecular formula is C14H18N4O2. The Balaban J connectivity index is 1.89. The molecule has 106 valence electrons. The maximum Gasteiger partial charge on any atom is 0.227 e. The van der Waals surface area contributed by atoms with E-state index in [0.29, 0.717) is 24.6 Å². The summed E-state index contributed by atoms with van der Waals surface area (Å²) in [6, 6.07) is 3.86. The van der Waals surface area contributed by atoms with Crippen molar-refractivity contribution in [2.75, 3.05) is 0 Å². The molecule has 2 heterocycles. The Bertz CT molecular complexity index is 553. The van der Waals surface area contributed by atoms with Crippen molar-refractivity contribution < 1.29 is 9.32 Å². The third-order valence-electron chi connectivity index (χ3n) is 2.97. The molecule has 6 heteroatoms. The Labute approximate surface area is 117 Å². The minimum Gasteiger partial charge on any atom is -0.354 e. The molecule has 2 aromatic rings. The number of carbonyl (C=O) groups excluding carboxylic acids is 1. The average Bonchev–Trinajstić information content (AvgIpc) is 2.95. The molecule has 20 heavy (non-hydrogen) atoms. The normalized spacial score (nSPS) is 12.1. The lowest BCUT2D eigenvalue weighted by molar-refractivity contribution is -0.121. The number of aromatic nitrogens is 3. The fraction of sp³-hybridized carbons (Fsp3) is 0.429. The van der Waals surface area contributed by atoms with Crippen molar-refractivity contribution in [3.8, 4) is 11.4 Å². The van der Waals surface area contributed by atoms with E-state index < -0.39 is 0 Å². The Morgan fingerprint density at radius 1 is 1.50 bits per heavy atom. The number of amides is 1. The lowest BCUT2D eigenvalue weighted by Crippen LogP contribution is -2.32. The molecule has 0 unspecified atom stereocenters. The van der Waals surface area contributed by atoms with Crippen LogP contribution in [0.15, 0.2) is 29.0 Å². The van der Waals surface area contributed by atoms with E-state index in [1.54, 1.807) is 12.4 Å². The molecule has 0 aliphatic heterocycles. The van der Waals surface area contributed by atoms with E-state index in [9.17, 15) is 4.79 Å². The van der Waals surface area contributed by atoms with Crippen LogP contribution in [0.3, 0.4) is 0 Å². The van der Waals surface area contributed by atoms with Crippen LogP contribution in [-0.2, 0) is 11.2 Å². The zero-order valence-corrected chi connectivity index (χ0v) is 11.7. The Kier molecular flexibility index (Phi) is 4.81. The third-order valence-corrected chi connectivity index (χ3v) is 2.97. The van der Waals surface area contributed by atoms with Crippen LogP contribution >= 0.6 is 0 Å². The van der Waals surface area contributed by atoms with Crippen LogP contribution < -0.4 is 5.32 Å². The molecule has 2 rings (SSSR count). The second kappa shape index (κ2) is 6.79. The Morgan fingerprint density at radius 3 is 3.05 bits per heavy atom. The minimum atomic E-state index is 0.000442. The zero-order chi connectivity index (χ0) is 14.4. The van der Waals surface area contributed by atoms with E-state index in [4.69, 9.17) is 4.52 Å². The van der Waals surface area contributed by atoms with Gasteiger partial charge in [-0.2, -0.15) is 4.98 Å². The van der Waals surface area contributed by atoms with Gasteiger partial charge in [0, 0.05) is 36.8 Å². The summed E-state index contributed by atoms with van der Waals surface area (Å²) in [6.45, 7) is 4.01. The molecule has 0 aliphatic carbocycles. The number of pyridine rings is 1. The van der Waals surface area contributed by atoms with Crippen molar-refractivity contribution in [1.29, 1.82) is 0 Å². The van der Waals surface area contributed by atoms with Crippen LogP contribution in [0.2, 0.25) is 0 Å². The van der Waals surface area contributed by atoms with Gasteiger partial charge in [0.1, 0.15) is 0 Å². The van der Waals surface area contributed by atoms with Gasteiger partial charge in [-0.25, -0.2) is 0 Å². The van der Waals surface area contributed by atoms with E-state index in [1.807, 2.05) is 26.0 Å². The summed E-state index contributed by atoms with van der Waals surface area (Å²) in [6.07, 6.45) is 5.06. The number of carbonyl (C=O) groups is 1. The number of hydrogen-bond acceptors (Lipinski definition) is 5. The quantitative estimate of drug-likeness (QED) is 0.871. The standard InChI is InChI=1S/C14H18N4O2/c1-3-10(2)16-12(19)6-7-13-17-14(18-20-13)11-5-4-8-15-9-11/h4-5,8-10H,3,6-7H2,1-2H3,(H,16,19)/t10-/m0/s1. The van der Waals surface area contributed by atoms with Crippen LogP contribution in [0.25, 0.3) is 11.4 Å². The van der Waals surface area contributed by atoms with Gasteiger partial charge in [-0.15, -0.1) is 0 Å². The molecular weight excluding hydrogens is 256 g/mol. The average molecular weight is 274 g/mol. The van der Waals surface area contributed by atoms with Gasteiger partial charge in [0.15, 0.2) is 0 Å². The van der Waals surface area contributed by atoms with Gasteiger partial charge >= 0.3 is 0 Å². The highest BCUT2D eigenvalue weighted by Gasteiger charge is 2.11. The van der Waals surface area contributed by atoms with Gasteiger partial charge in [-0.05, 0) is 25.5 Å². The second-order valence-electron chi connectivity index (χ2n) is 4.63. The predicted octanol–water partition coefficient (Wildman–Crippen LogP) is 1.98. The largest absolute Gasteiger partial charge is 0.354 e. The van der Waals surface area contributed by atoms with Crippen LogP contribution in [-0.4, -0.2) is 27.1 Å². The first kappa shape index (κ1) is 14.2. The molecule has 0 fully saturated rings. The van der Waals surface area contributed by atoms with Crippen molar-refractivity contribution in [2.45, 2.75) is 39.2 Å². The molecule has 0 spiro atoms. The predicted molar refractivity (Wildman–Crippen MR) is 73.7 cm³/mol. The second-order valence-corrected chi connectivity index (χ2v) is 4.63. The molecule has 1 atom stereocenters. The summed E-state index contributed by atoms with van der Waals surface area (Å²) in [5.74, 6) is 0.957. The SMILES string of the molecule is CC[C@H](C)NC(=O)CCc1nc(-c2cccnc2)no1. The summed E-state index contributed by atoms with van der Waals surface area (Å²) >= 11 is 0. The zero-order valence-electron chi connectivity index (χ0n) is 11.7. The van der Waals surface area contributed by atoms with Crippen LogP contribution in [0.1, 0.15) is 32.6 Å². The molecule has 0 bridgehead atoms. The van der Waals surface area contributed by atoms with E-state index in [-0.39, 0.29) is 11.9 Å². The van der Waals surface area contributed by atoms with Crippen molar-refractivity contribution in [3.63, 3.8) is 0 Å². The third kappa shape index (κ3) is 3.88. The first-order valence-corrected chi connectivity index (χ1v) is 6.71. The van der Waals surface area contributed by atoms with Gasteiger partial charge in [0.25, 0.3) is 0 Å². The van der Waals surface area contributed by atoms with Crippen molar-refractivity contribution in [3.05, 3.63) is 30.4 Å². The monoisotopic (exact) mass is 274 g/mol. The van der Waals surface area contributed by atoms with Crippen molar-refractivity contribution >= 4 is 5.91 Å². The number of rotatable bonds is 6. The number of nitrogens with one attached hydrogen (secondary N) is 1. The van der Waals surface area contributed by atoms with Crippen LogP contribution in [0, 0.1) is 0 Å². The maximum atomic E-state index is 11.7. The van der Waals surface area contributed by atoms with E-state index >= 15 is 0 Å². The lowest BCUT2D eigenvalue weighted by Gasteiger charge is -2.10. The maximum absolute atomic E-state index is 11.7. The molecule has 0 aromatic carbocycles. The fourth-order valence-corrected chi connectivity index (χ4v) is 1.64. The highest BCUT2D eigenvalue weighted by Crippen LogP contribution is 2.14. The minimum absolute atomic E-state index is 0.000442. The van der Waals surface area contributed by atoms with E-state index in [0.717, 1.165) is 12.0 Å². The first-order valence-electron chi connectivity index (χ1n) is 6.71. The van der Waals surface area contributed by atoms with E-state index in [1.165, 1.54) is 0 Å². The molecule has 0 saturated heterocycles. The summed E-state index contributed by atoms with van der Waals surface area (Å²) in [5, 5.41) is 6.78. The highest BCUT2D eigenvalue weighted by atomic mass is 16.5. The smallest absolute Gasteiger partial charge is 0.227 e. The molecule has 0 radical (unpaired) electrons. The molecule has 0 aliphatic rings. The van der Waals surface area contributed by atoms with Gasteiger partial charge < -0.3 is 9.84 Å². The summed E-state index contributed by atoms with van der Waals surface area (Å²) in [5.41, 5.74) is 0.798. The Morgan fingerprint density at radius 2 is 2.35 bits per heavy atom. The van der Waals surface area contributed by atoms with Gasteiger partial charge in [-0.3, -0.25) is 9.78 Å². The number of aryl methyl sites for hydroxylation is 1. The van der Waals surface area contributed by atoms with Gasteiger partial charge in [0.2, 0.25) is 17.6 Å². The lowest BCUT2D eigenvalue weighted by atomic mass is 10.2. The van der Waals surface area contributed by atoms with Crippen molar-refractivity contribution in [1.82, 2.24) is 20.4 Å². The topological polar surface area (TPSA) is 80.9 Å². The van der Waals surface area contributed by atoms with Crippen molar-refractivity contribution in [2.24, 2.45) is 0 Å². The van der Waals surface area contributed by atoms with Gasteiger partial charge in [-0.1, -0.05) is 12.1 Å². The summed E-state index contributed by atoms with van der Waals surface area (Å²) < 4.78 is 5.13. The Hall–Kier alpha value is -2.24. The number of nitrogens with zero attached hydrogens (tertiary/aromatic N) is 3. The van der Waals surface area contributed by atoms with Gasteiger partial charge in [0.05, 0.1) is 0 Å². The van der Waals surface area contributed by atoms with Crippen LogP contribution in [0.4, 0.5) is 0 Å². The number of hydrogen-bond donors (Lipinski definition) is 1. The molecule has 2 aromatic heterocycles. The van der Waals surface area contributed by atoms with E-state index in [2.05, 4.69) is 20.4 Å². The highest BCUT2D eigenvalue weighted by molar-refractivity contribution is 5.76. The molecule has 6 nitrogen and oxygen atoms in total. The summed E-state index contributed by atoms with van der Waals surface area (Å²) in [7, 11) is 0. The first-order chi connectivity index (χ1) is 9.69. The molecule has 1 N–H and O–H groups in total. The molecule has 1 amide bonds. The summed E-state index contributed by atoms with van der Waals surface area (Å²) in [4.78, 5) is 19.9. The molecule has 0 saturated carbocycles. The van der Waals surface area contributed by atoms with Crippen LogP contribution in [0.5, 0.6) is 0 Å².